The second-order valence-electron chi connectivity index (χ2n) is 7.65. The van der Waals surface area contributed by atoms with Crippen LogP contribution in [0.5, 0.6) is 0 Å². The first-order valence-electron chi connectivity index (χ1n) is 11.0. The predicted octanol–water partition coefficient (Wildman–Crippen LogP) is 1.89. The van der Waals surface area contributed by atoms with Gasteiger partial charge in [0.25, 0.3) is 5.91 Å². The van der Waals surface area contributed by atoms with Gasteiger partial charge >= 0.3 is 7.12 Å². The Morgan fingerprint density at radius 3 is 2.32 bits per heavy atom. The van der Waals surface area contributed by atoms with Crippen molar-refractivity contribution in [1.29, 1.82) is 0 Å². The molecule has 3 aromatic rings. The maximum Gasteiger partial charge on any atom is 0.475 e. The van der Waals surface area contributed by atoms with Crippen LogP contribution in [0.3, 0.4) is 0 Å². The average Bonchev–Trinajstić information content (AvgIpc) is 2.87. The van der Waals surface area contributed by atoms with Crippen molar-refractivity contribution >= 4 is 30.7 Å². The van der Waals surface area contributed by atoms with E-state index in [9.17, 15) is 19.6 Å². The van der Waals surface area contributed by atoms with Gasteiger partial charge in [0.15, 0.2) is 0 Å². The van der Waals surface area contributed by atoms with Crippen molar-refractivity contribution < 1.29 is 19.6 Å². The lowest BCUT2D eigenvalue weighted by atomic mass is 9.76. The summed E-state index contributed by atoms with van der Waals surface area (Å²) < 4.78 is 0. The fraction of sp³-hybridized carbons (Fsp3) is 0.250. The Bertz CT molecular complexity index is 1030. The lowest BCUT2D eigenvalue weighted by molar-refractivity contribution is -0.122. The first-order chi connectivity index (χ1) is 16.5. The Labute approximate surface area is 203 Å². The number of aromatic nitrogens is 2. The second kappa shape index (κ2) is 13.5. The van der Waals surface area contributed by atoms with E-state index in [1.54, 1.807) is 0 Å². The molecule has 0 aliphatic heterocycles. The van der Waals surface area contributed by atoms with Crippen LogP contribution in [0.1, 0.15) is 28.9 Å². The molecule has 8 nitrogen and oxygen atoms in total. The molecular formula is C24H27BN4O4S. The molecule has 0 aliphatic carbocycles. The highest BCUT2D eigenvalue weighted by Crippen LogP contribution is 2.18. The summed E-state index contributed by atoms with van der Waals surface area (Å²) >= 11 is 1.41. The zero-order chi connectivity index (χ0) is 24.2. The highest BCUT2D eigenvalue weighted by atomic mass is 32.2. The molecule has 3 rings (SSSR count). The largest absolute Gasteiger partial charge is 0.475 e. The third-order valence-electron chi connectivity index (χ3n) is 5.09. The van der Waals surface area contributed by atoms with Gasteiger partial charge in [0.1, 0.15) is 11.7 Å². The molecule has 0 saturated carbocycles. The van der Waals surface area contributed by atoms with Crippen molar-refractivity contribution in [2.24, 2.45) is 0 Å². The van der Waals surface area contributed by atoms with Crippen molar-refractivity contribution in [2.45, 2.75) is 36.1 Å². The number of carbonyl (C=O) groups is 2. The summed E-state index contributed by atoms with van der Waals surface area (Å²) in [6.07, 6.45) is 5.94. The summed E-state index contributed by atoms with van der Waals surface area (Å²) in [5.41, 5.74) is 1.22. The molecule has 10 heteroatoms. The summed E-state index contributed by atoms with van der Waals surface area (Å²) in [5.74, 6) is -1.65. The van der Waals surface area contributed by atoms with Crippen LogP contribution >= 0.6 is 11.8 Å². The molecule has 2 amide bonds. The van der Waals surface area contributed by atoms with Gasteiger partial charge < -0.3 is 20.7 Å². The number of rotatable bonds is 12. The minimum absolute atomic E-state index is 0.0895. The van der Waals surface area contributed by atoms with E-state index in [0.29, 0.717) is 12.8 Å². The summed E-state index contributed by atoms with van der Waals surface area (Å²) in [4.78, 5) is 34.5. The minimum Gasteiger partial charge on any atom is -0.426 e. The molecule has 34 heavy (non-hydrogen) atoms. The second-order valence-corrected chi connectivity index (χ2v) is 8.74. The highest BCUT2D eigenvalue weighted by Gasteiger charge is 2.29. The number of amides is 2. The third kappa shape index (κ3) is 8.29. The summed E-state index contributed by atoms with van der Waals surface area (Å²) in [6, 6.07) is 18.4. The highest BCUT2D eigenvalue weighted by molar-refractivity contribution is 7.99. The molecule has 2 atom stereocenters. The molecule has 0 fully saturated rings. The molecule has 2 aromatic carbocycles. The van der Waals surface area contributed by atoms with Crippen LogP contribution in [0.25, 0.3) is 0 Å². The van der Waals surface area contributed by atoms with Crippen LogP contribution in [0.2, 0.25) is 0 Å². The van der Waals surface area contributed by atoms with Gasteiger partial charge in [-0.05, 0) is 37.0 Å². The van der Waals surface area contributed by atoms with Gasteiger partial charge in [-0.3, -0.25) is 14.6 Å². The van der Waals surface area contributed by atoms with E-state index in [1.165, 1.54) is 30.4 Å². The van der Waals surface area contributed by atoms with Crippen LogP contribution in [0.15, 0.2) is 84.1 Å². The maximum absolute atomic E-state index is 13.1. The SMILES string of the molecule is O=C(NC(CSc1ccccc1)C(=O)NC(CCCc1ccccc1)B(O)O)c1cnccn1. The number of nitrogens with one attached hydrogen (secondary N) is 2. The molecule has 0 saturated heterocycles. The lowest BCUT2D eigenvalue weighted by Gasteiger charge is -2.23. The van der Waals surface area contributed by atoms with E-state index >= 15 is 0 Å². The Morgan fingerprint density at radius 2 is 1.68 bits per heavy atom. The fourth-order valence-electron chi connectivity index (χ4n) is 3.28. The third-order valence-corrected chi connectivity index (χ3v) is 6.19. The van der Waals surface area contributed by atoms with E-state index in [1.807, 2.05) is 60.7 Å². The standard InChI is InChI=1S/C24H27BN4O4S/c30-23(20-16-26-14-15-27-20)28-21(17-34-19-11-5-2-6-12-19)24(31)29-22(25(32)33)13-7-10-18-8-3-1-4-9-18/h1-6,8-9,11-12,14-16,21-22,32-33H,7,10,13,17H2,(H,28,30)(H,29,31). The average molecular weight is 478 g/mol. The molecule has 0 radical (unpaired) electrons. The Kier molecular flexibility index (Phi) is 10.1. The molecule has 176 valence electrons. The number of benzene rings is 2. The number of hydrogen-bond donors (Lipinski definition) is 4. The minimum atomic E-state index is -1.72. The first kappa shape index (κ1) is 25.4. The summed E-state index contributed by atoms with van der Waals surface area (Å²) in [5, 5.41) is 25.1. The summed E-state index contributed by atoms with van der Waals surface area (Å²) in [6.45, 7) is 0. The van der Waals surface area contributed by atoms with Crippen LogP contribution in [0, 0.1) is 0 Å². The molecule has 0 bridgehead atoms. The first-order valence-corrected chi connectivity index (χ1v) is 12.0. The van der Waals surface area contributed by atoms with Crippen LogP contribution in [-0.2, 0) is 11.2 Å². The molecule has 1 aromatic heterocycles. The van der Waals surface area contributed by atoms with Crippen molar-refractivity contribution in [3.63, 3.8) is 0 Å². The van der Waals surface area contributed by atoms with E-state index in [0.717, 1.165) is 16.9 Å². The predicted molar refractivity (Wildman–Crippen MR) is 132 cm³/mol. The van der Waals surface area contributed by atoms with Gasteiger partial charge in [0.05, 0.1) is 12.1 Å². The maximum atomic E-state index is 13.1. The van der Waals surface area contributed by atoms with Crippen LogP contribution < -0.4 is 10.6 Å². The zero-order valence-corrected chi connectivity index (χ0v) is 19.4. The molecule has 2 unspecified atom stereocenters. The number of nitrogens with zero attached hydrogens (tertiary/aromatic N) is 2. The quantitative estimate of drug-likeness (QED) is 0.232. The van der Waals surface area contributed by atoms with E-state index in [-0.39, 0.29) is 11.4 Å². The smallest absolute Gasteiger partial charge is 0.426 e. The van der Waals surface area contributed by atoms with E-state index in [4.69, 9.17) is 0 Å². The van der Waals surface area contributed by atoms with E-state index in [2.05, 4.69) is 20.6 Å². The molecular weight excluding hydrogens is 451 g/mol. The van der Waals surface area contributed by atoms with Gasteiger partial charge in [-0.2, -0.15) is 0 Å². The Morgan fingerprint density at radius 1 is 0.971 bits per heavy atom. The molecule has 4 N–H and O–H groups in total. The van der Waals surface area contributed by atoms with Crippen molar-refractivity contribution in [2.75, 3.05) is 5.75 Å². The van der Waals surface area contributed by atoms with Gasteiger partial charge in [0, 0.05) is 23.0 Å². The normalized spacial score (nSPS) is 12.4. The number of aryl methyl sites for hydroxylation is 1. The number of carbonyl (C=O) groups excluding carboxylic acids is 2. The molecule has 1 heterocycles. The Hall–Kier alpha value is -3.21. The lowest BCUT2D eigenvalue weighted by Crippen LogP contribution is -2.55. The monoisotopic (exact) mass is 478 g/mol. The Balaban J connectivity index is 1.64. The van der Waals surface area contributed by atoms with Gasteiger partial charge in [-0.15, -0.1) is 11.8 Å². The molecule has 0 spiro atoms. The van der Waals surface area contributed by atoms with Crippen molar-refractivity contribution in [3.05, 3.63) is 90.5 Å². The van der Waals surface area contributed by atoms with Gasteiger partial charge in [-0.25, -0.2) is 4.98 Å². The van der Waals surface area contributed by atoms with Crippen LogP contribution in [0.4, 0.5) is 0 Å². The zero-order valence-electron chi connectivity index (χ0n) is 18.6. The van der Waals surface area contributed by atoms with E-state index < -0.39 is 30.9 Å². The van der Waals surface area contributed by atoms with Crippen molar-refractivity contribution in [3.8, 4) is 0 Å². The van der Waals surface area contributed by atoms with Crippen molar-refractivity contribution in [1.82, 2.24) is 20.6 Å². The van der Waals surface area contributed by atoms with Crippen LogP contribution in [-0.4, -0.2) is 56.7 Å². The molecule has 0 aliphatic rings. The van der Waals surface area contributed by atoms with Gasteiger partial charge in [0.2, 0.25) is 5.91 Å². The number of hydrogen-bond acceptors (Lipinski definition) is 7. The number of thioether (sulfide) groups is 1. The van der Waals surface area contributed by atoms with Gasteiger partial charge in [-0.1, -0.05) is 48.5 Å². The fourth-order valence-corrected chi connectivity index (χ4v) is 4.22. The topological polar surface area (TPSA) is 124 Å². The summed E-state index contributed by atoms with van der Waals surface area (Å²) in [7, 11) is -1.72.